The van der Waals surface area contributed by atoms with E-state index >= 15 is 0 Å². The molecule has 4 nitrogen and oxygen atoms in total. The van der Waals surface area contributed by atoms with Gasteiger partial charge < -0.3 is 10.2 Å². The number of halogens is 4. The molecule has 2 aromatic heterocycles. The van der Waals surface area contributed by atoms with Crippen molar-refractivity contribution in [2.24, 2.45) is 0 Å². The zero-order chi connectivity index (χ0) is 22.9. The number of hydrogen-bond acceptors (Lipinski definition) is 4. The number of benzene rings is 1. The van der Waals surface area contributed by atoms with Crippen molar-refractivity contribution in [2.75, 3.05) is 26.7 Å². The van der Waals surface area contributed by atoms with E-state index < -0.39 is 17.6 Å². The first-order chi connectivity index (χ1) is 15.3. The van der Waals surface area contributed by atoms with E-state index in [0.717, 1.165) is 49.0 Å². The number of carbonyl (C=O) groups excluding carboxylic acids is 1. The molecule has 0 bridgehead atoms. The molecule has 0 aliphatic carbocycles. The summed E-state index contributed by atoms with van der Waals surface area (Å²) >= 11 is 0.897. The Kier molecular flexibility index (Phi) is 6.48. The molecule has 9 heteroatoms. The first kappa shape index (κ1) is 22.7. The Morgan fingerprint density at radius 3 is 2.53 bits per heavy atom. The molecule has 1 fully saturated rings. The van der Waals surface area contributed by atoms with Crippen molar-refractivity contribution in [1.82, 2.24) is 15.2 Å². The maximum absolute atomic E-state index is 13.8. The Morgan fingerprint density at radius 2 is 1.91 bits per heavy atom. The highest BCUT2D eigenvalue weighted by atomic mass is 32.1. The number of carbonyl (C=O) groups is 1. The minimum absolute atomic E-state index is 0.00316. The van der Waals surface area contributed by atoms with Gasteiger partial charge in [0.25, 0.3) is 5.91 Å². The molecule has 0 saturated carbocycles. The van der Waals surface area contributed by atoms with Crippen molar-refractivity contribution in [1.29, 1.82) is 0 Å². The Bertz CT molecular complexity index is 1100. The number of nitrogens with zero attached hydrogens (tertiary/aromatic N) is 2. The van der Waals surface area contributed by atoms with Crippen molar-refractivity contribution in [3.63, 3.8) is 0 Å². The normalized spacial score (nSPS) is 15.9. The van der Waals surface area contributed by atoms with Crippen LogP contribution in [0.3, 0.4) is 0 Å². The zero-order valence-corrected chi connectivity index (χ0v) is 18.3. The SMILES string of the molecule is CNC(=O)c1csc2c(C(F)(F)F)cc(C3CCN(CCc4ccc(F)cc4)CC3)nc12. The van der Waals surface area contributed by atoms with Crippen LogP contribution >= 0.6 is 11.3 Å². The number of amides is 1. The Labute approximate surface area is 187 Å². The largest absolute Gasteiger partial charge is 0.417 e. The number of hydrogen-bond donors (Lipinski definition) is 1. The minimum atomic E-state index is -4.52. The molecule has 1 aliphatic heterocycles. The number of likely N-dealkylation sites (tertiary alicyclic amines) is 1. The van der Waals surface area contributed by atoms with E-state index in [4.69, 9.17) is 0 Å². The predicted octanol–water partition coefficient (Wildman–Crippen LogP) is 5.24. The molecule has 4 rings (SSSR count). The van der Waals surface area contributed by atoms with Gasteiger partial charge in [-0.1, -0.05) is 12.1 Å². The van der Waals surface area contributed by atoms with E-state index in [1.165, 1.54) is 24.6 Å². The highest BCUT2D eigenvalue weighted by molar-refractivity contribution is 7.17. The molecule has 32 heavy (non-hydrogen) atoms. The average molecular weight is 466 g/mol. The van der Waals surface area contributed by atoms with Crippen LogP contribution in [0.2, 0.25) is 0 Å². The van der Waals surface area contributed by atoms with Crippen LogP contribution in [0.25, 0.3) is 10.2 Å². The lowest BCUT2D eigenvalue weighted by atomic mass is 9.91. The molecule has 1 aromatic carbocycles. The standard InChI is InChI=1S/C23H23F4N3OS/c1-28-22(31)17-13-32-21-18(23(25,26)27)12-19(29-20(17)21)15-7-10-30(11-8-15)9-6-14-2-4-16(24)5-3-14/h2-5,12-13,15H,6-11H2,1H3,(H,28,31). The number of nitrogens with one attached hydrogen (secondary N) is 1. The third kappa shape index (κ3) is 4.78. The molecule has 0 radical (unpaired) electrons. The average Bonchev–Trinajstić information content (AvgIpc) is 3.21. The van der Waals surface area contributed by atoms with Gasteiger partial charge in [0.05, 0.1) is 21.3 Å². The lowest BCUT2D eigenvalue weighted by molar-refractivity contribution is -0.136. The van der Waals surface area contributed by atoms with Gasteiger partial charge in [0.1, 0.15) is 5.82 Å². The highest BCUT2D eigenvalue weighted by Gasteiger charge is 2.36. The summed E-state index contributed by atoms with van der Waals surface area (Å²) in [7, 11) is 1.45. The number of thiophene rings is 1. The van der Waals surface area contributed by atoms with Gasteiger partial charge in [-0.3, -0.25) is 9.78 Å². The summed E-state index contributed by atoms with van der Waals surface area (Å²) in [5.74, 6) is -0.799. The van der Waals surface area contributed by atoms with Gasteiger partial charge in [-0.05, 0) is 56.1 Å². The fourth-order valence-electron chi connectivity index (χ4n) is 4.13. The molecule has 1 amide bonds. The molecule has 170 valence electrons. The lowest BCUT2D eigenvalue weighted by Gasteiger charge is -2.32. The fraction of sp³-hybridized carbons (Fsp3) is 0.391. The summed E-state index contributed by atoms with van der Waals surface area (Å²) in [6.45, 7) is 2.31. The summed E-state index contributed by atoms with van der Waals surface area (Å²) in [6.07, 6.45) is -2.34. The fourth-order valence-corrected chi connectivity index (χ4v) is 5.16. The molecule has 1 N–H and O–H groups in total. The van der Waals surface area contributed by atoms with Crippen molar-refractivity contribution in [3.8, 4) is 0 Å². The van der Waals surface area contributed by atoms with Crippen molar-refractivity contribution in [3.05, 3.63) is 63.9 Å². The highest BCUT2D eigenvalue weighted by Crippen LogP contribution is 2.41. The smallest absolute Gasteiger partial charge is 0.355 e. The molecule has 0 atom stereocenters. The number of alkyl halides is 3. The van der Waals surface area contributed by atoms with E-state index in [1.54, 1.807) is 12.1 Å². The van der Waals surface area contributed by atoms with Crippen LogP contribution in [0.4, 0.5) is 17.6 Å². The van der Waals surface area contributed by atoms with E-state index in [1.807, 2.05) is 0 Å². The van der Waals surface area contributed by atoms with Crippen molar-refractivity contribution in [2.45, 2.75) is 31.4 Å². The van der Waals surface area contributed by atoms with Gasteiger partial charge in [-0.15, -0.1) is 11.3 Å². The monoisotopic (exact) mass is 465 g/mol. The zero-order valence-electron chi connectivity index (χ0n) is 17.5. The summed E-state index contributed by atoms with van der Waals surface area (Å²) in [6, 6.07) is 7.58. The predicted molar refractivity (Wildman–Crippen MR) is 117 cm³/mol. The van der Waals surface area contributed by atoms with E-state index in [2.05, 4.69) is 15.2 Å². The second-order valence-corrected chi connectivity index (χ2v) is 8.87. The Morgan fingerprint density at radius 1 is 1.22 bits per heavy atom. The molecule has 3 heterocycles. The molecule has 1 saturated heterocycles. The summed E-state index contributed by atoms with van der Waals surface area (Å²) < 4.78 is 54.3. The van der Waals surface area contributed by atoms with Crippen LogP contribution in [0.15, 0.2) is 35.7 Å². The van der Waals surface area contributed by atoms with Crippen LogP contribution in [-0.4, -0.2) is 42.5 Å². The molecule has 1 aliphatic rings. The van der Waals surface area contributed by atoms with Crippen molar-refractivity contribution >= 4 is 27.5 Å². The second-order valence-electron chi connectivity index (χ2n) is 7.99. The molecular weight excluding hydrogens is 442 g/mol. The van der Waals surface area contributed by atoms with E-state index in [-0.39, 0.29) is 27.5 Å². The Balaban J connectivity index is 1.51. The van der Waals surface area contributed by atoms with Gasteiger partial charge in [-0.25, -0.2) is 4.39 Å². The summed E-state index contributed by atoms with van der Waals surface area (Å²) in [5.41, 5.74) is 1.02. The maximum atomic E-state index is 13.8. The third-order valence-corrected chi connectivity index (χ3v) is 6.96. The molecule has 0 spiro atoms. The van der Waals surface area contributed by atoms with Gasteiger partial charge >= 0.3 is 6.18 Å². The molecular formula is C23H23F4N3OS. The number of fused-ring (bicyclic) bond motifs is 1. The van der Waals surface area contributed by atoms with Gasteiger partial charge in [0.15, 0.2) is 0 Å². The van der Waals surface area contributed by atoms with E-state index in [0.29, 0.717) is 18.5 Å². The molecule has 0 unspecified atom stereocenters. The van der Waals surface area contributed by atoms with Gasteiger partial charge in [0.2, 0.25) is 0 Å². The quantitative estimate of drug-likeness (QED) is 0.525. The summed E-state index contributed by atoms with van der Waals surface area (Å²) in [4.78, 5) is 18.9. The van der Waals surface area contributed by atoms with E-state index in [9.17, 15) is 22.4 Å². The first-order valence-corrected chi connectivity index (χ1v) is 11.3. The van der Waals surface area contributed by atoms with Crippen LogP contribution in [0, 0.1) is 5.82 Å². The van der Waals surface area contributed by atoms with Crippen LogP contribution in [0.1, 0.15) is 45.9 Å². The number of rotatable bonds is 5. The van der Waals surface area contributed by atoms with Crippen LogP contribution < -0.4 is 5.32 Å². The Hall–Kier alpha value is -2.52. The first-order valence-electron chi connectivity index (χ1n) is 10.4. The topological polar surface area (TPSA) is 45.2 Å². The van der Waals surface area contributed by atoms with Gasteiger partial charge in [0, 0.05) is 30.6 Å². The third-order valence-electron chi connectivity index (χ3n) is 5.96. The summed E-state index contributed by atoms with van der Waals surface area (Å²) in [5, 5.41) is 3.91. The number of pyridine rings is 1. The van der Waals surface area contributed by atoms with Gasteiger partial charge in [-0.2, -0.15) is 13.2 Å². The maximum Gasteiger partial charge on any atom is 0.417 e. The number of piperidine rings is 1. The van der Waals surface area contributed by atoms with Crippen LogP contribution in [-0.2, 0) is 12.6 Å². The second kappa shape index (κ2) is 9.15. The molecule has 3 aromatic rings. The minimum Gasteiger partial charge on any atom is -0.355 e. The van der Waals surface area contributed by atoms with Crippen LogP contribution in [0.5, 0.6) is 0 Å². The lowest BCUT2D eigenvalue weighted by Crippen LogP contribution is -2.34. The van der Waals surface area contributed by atoms with Crippen molar-refractivity contribution < 1.29 is 22.4 Å². The number of aromatic nitrogens is 1.